The third kappa shape index (κ3) is 4.69. The van der Waals surface area contributed by atoms with E-state index in [1.54, 1.807) is 6.07 Å². The summed E-state index contributed by atoms with van der Waals surface area (Å²) in [4.78, 5) is 23.2. The van der Waals surface area contributed by atoms with E-state index in [9.17, 15) is 14.0 Å². The third-order valence-electron chi connectivity index (χ3n) is 2.88. The van der Waals surface area contributed by atoms with Crippen molar-refractivity contribution in [1.82, 2.24) is 10.6 Å². The van der Waals surface area contributed by atoms with Gasteiger partial charge in [-0.05, 0) is 25.0 Å². The lowest BCUT2D eigenvalue weighted by Gasteiger charge is -2.14. The van der Waals surface area contributed by atoms with Crippen LogP contribution in [-0.4, -0.2) is 24.4 Å². The molecule has 0 bridgehead atoms. The summed E-state index contributed by atoms with van der Waals surface area (Å²) in [5.41, 5.74) is -0.0576. The highest BCUT2D eigenvalue weighted by molar-refractivity contribution is 5.96. The number of hydrogen-bond donors (Lipinski definition) is 2. The lowest BCUT2D eigenvalue weighted by Crippen LogP contribution is -2.41. The highest BCUT2D eigenvalue weighted by Crippen LogP contribution is 2.05. The first-order valence-electron chi connectivity index (χ1n) is 6.40. The topological polar surface area (TPSA) is 58.2 Å². The molecule has 0 aliphatic rings. The first-order valence-corrected chi connectivity index (χ1v) is 6.40. The van der Waals surface area contributed by atoms with Crippen LogP contribution in [0.25, 0.3) is 0 Å². The van der Waals surface area contributed by atoms with Crippen molar-refractivity contribution in [1.29, 1.82) is 0 Å². The zero-order valence-corrected chi connectivity index (χ0v) is 11.2. The van der Waals surface area contributed by atoms with Gasteiger partial charge in [-0.1, -0.05) is 26.0 Å². The molecule has 1 aromatic rings. The first-order chi connectivity index (χ1) is 9.08. The second kappa shape index (κ2) is 7.51. The maximum atomic E-state index is 13.3. The number of nitrogens with one attached hydrogen (secondary N) is 2. The van der Waals surface area contributed by atoms with E-state index in [4.69, 9.17) is 0 Å². The summed E-state index contributed by atoms with van der Waals surface area (Å²) in [7, 11) is 0. The molecule has 19 heavy (non-hydrogen) atoms. The zero-order chi connectivity index (χ0) is 14.3. The van der Waals surface area contributed by atoms with Gasteiger partial charge in [-0.3, -0.25) is 9.59 Å². The Morgan fingerprint density at radius 3 is 2.42 bits per heavy atom. The van der Waals surface area contributed by atoms with Crippen molar-refractivity contribution >= 4 is 11.8 Å². The molecule has 0 radical (unpaired) electrons. The van der Waals surface area contributed by atoms with E-state index in [1.807, 2.05) is 13.8 Å². The van der Waals surface area contributed by atoms with E-state index in [0.29, 0.717) is 0 Å². The molecule has 0 spiro atoms. The predicted octanol–water partition coefficient (Wildman–Crippen LogP) is 1.86. The van der Waals surface area contributed by atoms with Crippen LogP contribution in [0.15, 0.2) is 24.3 Å². The Morgan fingerprint density at radius 1 is 1.21 bits per heavy atom. The minimum absolute atomic E-state index is 0.0576. The van der Waals surface area contributed by atoms with Gasteiger partial charge < -0.3 is 10.6 Å². The van der Waals surface area contributed by atoms with Crippen LogP contribution in [0.4, 0.5) is 4.39 Å². The summed E-state index contributed by atoms with van der Waals surface area (Å²) >= 11 is 0. The molecule has 0 unspecified atom stereocenters. The number of amides is 2. The van der Waals surface area contributed by atoms with Gasteiger partial charge in [0.25, 0.3) is 5.91 Å². The molecule has 0 aliphatic carbocycles. The van der Waals surface area contributed by atoms with Crippen LogP contribution in [0.5, 0.6) is 0 Å². The summed E-state index contributed by atoms with van der Waals surface area (Å²) in [6.45, 7) is 3.81. The minimum atomic E-state index is -0.597. The number of rotatable bonds is 6. The molecule has 0 saturated heterocycles. The molecule has 1 rings (SSSR count). The van der Waals surface area contributed by atoms with Gasteiger partial charge in [-0.2, -0.15) is 0 Å². The van der Waals surface area contributed by atoms with Gasteiger partial charge in [0.1, 0.15) is 5.82 Å². The van der Waals surface area contributed by atoms with E-state index < -0.39 is 11.7 Å². The molecular weight excluding hydrogens is 247 g/mol. The predicted molar refractivity (Wildman–Crippen MR) is 71.2 cm³/mol. The van der Waals surface area contributed by atoms with Gasteiger partial charge in [-0.25, -0.2) is 4.39 Å². The van der Waals surface area contributed by atoms with Gasteiger partial charge in [-0.15, -0.1) is 0 Å². The van der Waals surface area contributed by atoms with Crippen molar-refractivity contribution in [3.05, 3.63) is 35.6 Å². The minimum Gasteiger partial charge on any atom is -0.352 e. The monoisotopic (exact) mass is 266 g/mol. The van der Waals surface area contributed by atoms with Crippen LogP contribution >= 0.6 is 0 Å². The summed E-state index contributed by atoms with van der Waals surface area (Å²) in [5, 5.41) is 5.19. The molecule has 0 saturated carbocycles. The van der Waals surface area contributed by atoms with Crippen molar-refractivity contribution in [3.63, 3.8) is 0 Å². The highest BCUT2D eigenvalue weighted by Gasteiger charge is 2.13. The fourth-order valence-electron chi connectivity index (χ4n) is 1.67. The normalized spacial score (nSPS) is 10.3. The number of carbonyl (C=O) groups is 2. The number of halogens is 1. The Bertz CT molecular complexity index is 445. The summed E-state index contributed by atoms with van der Waals surface area (Å²) < 4.78 is 13.3. The van der Waals surface area contributed by atoms with Crippen molar-refractivity contribution in [3.8, 4) is 0 Å². The Labute approximate surface area is 112 Å². The van der Waals surface area contributed by atoms with Crippen molar-refractivity contribution in [2.75, 3.05) is 6.54 Å². The molecule has 1 aromatic carbocycles. The SMILES string of the molecule is CCC(CC)NC(=O)CNC(=O)c1ccccc1F. The number of benzene rings is 1. The van der Waals surface area contributed by atoms with E-state index in [1.165, 1.54) is 18.2 Å². The highest BCUT2D eigenvalue weighted by atomic mass is 19.1. The van der Waals surface area contributed by atoms with Gasteiger partial charge in [0.05, 0.1) is 12.1 Å². The molecule has 2 N–H and O–H groups in total. The summed E-state index contributed by atoms with van der Waals surface area (Å²) in [6.07, 6.45) is 1.67. The smallest absolute Gasteiger partial charge is 0.254 e. The Hall–Kier alpha value is -1.91. The van der Waals surface area contributed by atoms with E-state index in [0.717, 1.165) is 12.8 Å². The molecule has 5 heteroatoms. The van der Waals surface area contributed by atoms with Gasteiger partial charge in [0.15, 0.2) is 0 Å². The molecule has 0 aliphatic heterocycles. The Kier molecular flexibility index (Phi) is 5.99. The molecule has 0 fully saturated rings. The molecule has 0 aromatic heterocycles. The number of carbonyl (C=O) groups excluding carboxylic acids is 2. The van der Waals surface area contributed by atoms with E-state index in [-0.39, 0.29) is 24.1 Å². The van der Waals surface area contributed by atoms with Gasteiger partial charge >= 0.3 is 0 Å². The van der Waals surface area contributed by atoms with Crippen LogP contribution in [0.3, 0.4) is 0 Å². The average Bonchev–Trinajstić information content (AvgIpc) is 2.42. The van der Waals surface area contributed by atoms with Crippen molar-refractivity contribution < 1.29 is 14.0 Å². The fraction of sp³-hybridized carbons (Fsp3) is 0.429. The molecule has 4 nitrogen and oxygen atoms in total. The number of hydrogen-bond acceptors (Lipinski definition) is 2. The standard InChI is InChI=1S/C14H19FN2O2/c1-3-10(4-2)17-13(18)9-16-14(19)11-7-5-6-8-12(11)15/h5-8,10H,3-4,9H2,1-2H3,(H,16,19)(H,17,18). The average molecular weight is 266 g/mol. The molecule has 0 atom stereocenters. The van der Waals surface area contributed by atoms with E-state index in [2.05, 4.69) is 10.6 Å². The molecule has 2 amide bonds. The first kappa shape index (κ1) is 15.1. The summed E-state index contributed by atoms with van der Waals surface area (Å²) in [6, 6.07) is 5.77. The van der Waals surface area contributed by atoms with Gasteiger partial charge in [0.2, 0.25) is 5.91 Å². The molecule has 104 valence electrons. The second-order valence-corrected chi connectivity index (χ2v) is 4.24. The Morgan fingerprint density at radius 2 is 1.84 bits per heavy atom. The lowest BCUT2D eigenvalue weighted by molar-refractivity contribution is -0.120. The second-order valence-electron chi connectivity index (χ2n) is 4.24. The van der Waals surface area contributed by atoms with Crippen LogP contribution in [0.2, 0.25) is 0 Å². The lowest BCUT2D eigenvalue weighted by atomic mass is 10.2. The molecule has 0 heterocycles. The van der Waals surface area contributed by atoms with Crippen molar-refractivity contribution in [2.24, 2.45) is 0 Å². The van der Waals surface area contributed by atoms with Crippen LogP contribution in [-0.2, 0) is 4.79 Å². The van der Waals surface area contributed by atoms with Crippen LogP contribution < -0.4 is 10.6 Å². The Balaban J connectivity index is 2.47. The van der Waals surface area contributed by atoms with Crippen molar-refractivity contribution in [2.45, 2.75) is 32.7 Å². The van der Waals surface area contributed by atoms with Crippen LogP contribution in [0, 0.1) is 5.82 Å². The summed E-state index contributed by atoms with van der Waals surface area (Å²) in [5.74, 6) is -1.45. The largest absolute Gasteiger partial charge is 0.352 e. The van der Waals surface area contributed by atoms with E-state index >= 15 is 0 Å². The zero-order valence-electron chi connectivity index (χ0n) is 11.2. The third-order valence-corrected chi connectivity index (χ3v) is 2.88. The van der Waals surface area contributed by atoms with Crippen LogP contribution in [0.1, 0.15) is 37.0 Å². The maximum absolute atomic E-state index is 13.3. The molecular formula is C14H19FN2O2. The maximum Gasteiger partial charge on any atom is 0.254 e. The quantitative estimate of drug-likeness (QED) is 0.825. The fourth-order valence-corrected chi connectivity index (χ4v) is 1.67. The van der Waals surface area contributed by atoms with Gasteiger partial charge in [0, 0.05) is 6.04 Å².